The Balaban J connectivity index is 1.96. The molecule has 7 heteroatoms. The van der Waals surface area contributed by atoms with E-state index in [1.54, 1.807) is 23.9 Å². The quantitative estimate of drug-likeness (QED) is 0.513. The molecule has 0 unspecified atom stereocenters. The Hall–Kier alpha value is -1.37. The number of carbonyl (C=O) groups excluding carboxylic acids is 1. The van der Waals surface area contributed by atoms with Gasteiger partial charge in [-0.3, -0.25) is 10.1 Å². The third-order valence-electron chi connectivity index (χ3n) is 2.22. The van der Waals surface area contributed by atoms with Gasteiger partial charge in [0.15, 0.2) is 4.34 Å². The molecule has 104 valence electrons. The van der Waals surface area contributed by atoms with Gasteiger partial charge in [-0.05, 0) is 23.5 Å². The summed E-state index contributed by atoms with van der Waals surface area (Å²) in [7, 11) is 0. The molecule has 2 aromatic rings. The first-order valence-corrected chi connectivity index (χ1v) is 8.07. The van der Waals surface area contributed by atoms with Crippen LogP contribution in [0, 0.1) is 0 Å². The molecule has 1 N–H and O–H groups in total. The number of hydrogen-bond donors (Lipinski definition) is 1. The molecule has 0 aliphatic rings. The summed E-state index contributed by atoms with van der Waals surface area (Å²) in [5, 5.41) is 11.6. The average molecular weight is 326 g/mol. The van der Waals surface area contributed by atoms with Gasteiger partial charge in [0.25, 0.3) is 0 Å². The standard InChI is InChI=1S/C13H12ClN3OS2/c1-2-19-13-17-16-12(20-13)15-11(18)8-7-9-5-3-4-6-10(9)14/h3-8H,2H2,1H3,(H,15,16,18)/b8-7-. The Kier molecular flexibility index (Phi) is 5.58. The molecular formula is C13H12ClN3OS2. The van der Waals surface area contributed by atoms with E-state index < -0.39 is 0 Å². The van der Waals surface area contributed by atoms with Crippen molar-refractivity contribution >= 4 is 51.8 Å². The summed E-state index contributed by atoms with van der Waals surface area (Å²) in [5.41, 5.74) is 0.795. The maximum absolute atomic E-state index is 11.8. The highest BCUT2D eigenvalue weighted by Gasteiger charge is 2.06. The van der Waals surface area contributed by atoms with Crippen molar-refractivity contribution in [3.63, 3.8) is 0 Å². The first-order chi connectivity index (χ1) is 9.69. The molecule has 0 fully saturated rings. The Morgan fingerprint density at radius 2 is 2.25 bits per heavy atom. The van der Waals surface area contributed by atoms with Crippen LogP contribution in [0.15, 0.2) is 34.7 Å². The van der Waals surface area contributed by atoms with Gasteiger partial charge in [0.05, 0.1) is 0 Å². The fourth-order valence-corrected chi connectivity index (χ4v) is 3.22. The van der Waals surface area contributed by atoms with Crippen LogP contribution in [0.2, 0.25) is 5.02 Å². The first kappa shape index (κ1) is 15.0. The van der Waals surface area contributed by atoms with Gasteiger partial charge in [-0.25, -0.2) is 0 Å². The van der Waals surface area contributed by atoms with Crippen molar-refractivity contribution in [2.24, 2.45) is 0 Å². The molecule has 0 aliphatic carbocycles. The highest BCUT2D eigenvalue weighted by molar-refractivity contribution is 8.01. The number of carbonyl (C=O) groups is 1. The molecule has 1 heterocycles. The minimum absolute atomic E-state index is 0.255. The van der Waals surface area contributed by atoms with Crippen LogP contribution >= 0.6 is 34.7 Å². The number of nitrogens with one attached hydrogen (secondary N) is 1. The number of nitrogens with zero attached hydrogens (tertiary/aromatic N) is 2. The number of anilines is 1. The van der Waals surface area contributed by atoms with Crippen molar-refractivity contribution in [2.45, 2.75) is 11.3 Å². The smallest absolute Gasteiger partial charge is 0.250 e. The fraction of sp³-hybridized carbons (Fsp3) is 0.154. The Labute approximate surface area is 130 Å². The average Bonchev–Trinajstić information content (AvgIpc) is 2.85. The van der Waals surface area contributed by atoms with Gasteiger partial charge < -0.3 is 0 Å². The third kappa shape index (κ3) is 4.33. The molecule has 20 heavy (non-hydrogen) atoms. The lowest BCUT2D eigenvalue weighted by Gasteiger charge is -1.97. The molecule has 0 saturated heterocycles. The molecule has 1 aromatic heterocycles. The highest BCUT2D eigenvalue weighted by Crippen LogP contribution is 2.25. The topological polar surface area (TPSA) is 54.9 Å². The second-order valence-corrected chi connectivity index (χ2v) is 6.55. The van der Waals surface area contributed by atoms with E-state index in [-0.39, 0.29) is 5.91 Å². The Morgan fingerprint density at radius 3 is 3.00 bits per heavy atom. The van der Waals surface area contributed by atoms with Crippen molar-refractivity contribution in [3.05, 3.63) is 40.9 Å². The minimum Gasteiger partial charge on any atom is -0.297 e. The van der Waals surface area contributed by atoms with Crippen LogP contribution in [0.3, 0.4) is 0 Å². The largest absolute Gasteiger partial charge is 0.297 e. The van der Waals surface area contributed by atoms with Gasteiger partial charge in [-0.15, -0.1) is 10.2 Å². The molecule has 0 aliphatic heterocycles. The summed E-state index contributed by atoms with van der Waals surface area (Å²) < 4.78 is 0.845. The lowest BCUT2D eigenvalue weighted by Crippen LogP contribution is -2.07. The van der Waals surface area contributed by atoms with Gasteiger partial charge in [-0.1, -0.05) is 59.8 Å². The summed E-state index contributed by atoms with van der Waals surface area (Å²) >= 11 is 8.95. The van der Waals surface area contributed by atoms with Crippen molar-refractivity contribution in [3.8, 4) is 0 Å². The van der Waals surface area contributed by atoms with E-state index in [0.717, 1.165) is 15.7 Å². The monoisotopic (exact) mass is 325 g/mol. The Bertz CT molecular complexity index is 628. The molecule has 0 spiro atoms. The van der Waals surface area contributed by atoms with E-state index in [1.807, 2.05) is 25.1 Å². The first-order valence-electron chi connectivity index (χ1n) is 5.89. The number of thioether (sulfide) groups is 1. The van der Waals surface area contributed by atoms with Crippen LogP contribution in [0.4, 0.5) is 5.13 Å². The van der Waals surface area contributed by atoms with Crippen LogP contribution in [-0.4, -0.2) is 21.9 Å². The number of aromatic nitrogens is 2. The SMILES string of the molecule is CCSc1nnc(NC(=O)/C=C\c2ccccc2Cl)s1. The second kappa shape index (κ2) is 7.42. The van der Waals surface area contributed by atoms with Crippen molar-refractivity contribution < 1.29 is 4.79 Å². The normalized spacial score (nSPS) is 10.9. The van der Waals surface area contributed by atoms with E-state index in [0.29, 0.717) is 10.2 Å². The van der Waals surface area contributed by atoms with Gasteiger partial charge in [0, 0.05) is 11.1 Å². The van der Waals surface area contributed by atoms with E-state index in [1.165, 1.54) is 17.4 Å². The predicted octanol–water partition coefficient (Wildman–Crippen LogP) is 3.96. The number of rotatable bonds is 5. The number of amides is 1. The van der Waals surface area contributed by atoms with Crippen molar-refractivity contribution in [1.82, 2.24) is 10.2 Å². The Morgan fingerprint density at radius 1 is 1.45 bits per heavy atom. The molecule has 0 bridgehead atoms. The zero-order valence-electron chi connectivity index (χ0n) is 10.7. The third-order valence-corrected chi connectivity index (χ3v) is 4.42. The predicted molar refractivity (Wildman–Crippen MR) is 85.4 cm³/mol. The maximum atomic E-state index is 11.8. The van der Waals surface area contributed by atoms with E-state index in [2.05, 4.69) is 15.5 Å². The van der Waals surface area contributed by atoms with E-state index >= 15 is 0 Å². The number of benzene rings is 1. The zero-order chi connectivity index (χ0) is 14.4. The van der Waals surface area contributed by atoms with Gasteiger partial charge in [0.2, 0.25) is 11.0 Å². The van der Waals surface area contributed by atoms with Crippen molar-refractivity contribution in [2.75, 3.05) is 11.1 Å². The molecule has 0 saturated carbocycles. The molecule has 0 radical (unpaired) electrons. The van der Waals surface area contributed by atoms with Crippen LogP contribution in [0.25, 0.3) is 6.08 Å². The van der Waals surface area contributed by atoms with Crippen molar-refractivity contribution in [1.29, 1.82) is 0 Å². The van der Waals surface area contributed by atoms with Gasteiger partial charge >= 0.3 is 0 Å². The fourth-order valence-electron chi connectivity index (χ4n) is 1.36. The lowest BCUT2D eigenvalue weighted by molar-refractivity contribution is -0.111. The van der Waals surface area contributed by atoms with Crippen LogP contribution in [-0.2, 0) is 4.79 Å². The van der Waals surface area contributed by atoms with Crippen LogP contribution < -0.4 is 5.32 Å². The minimum atomic E-state index is -0.255. The second-order valence-electron chi connectivity index (χ2n) is 3.65. The molecule has 2 rings (SSSR count). The van der Waals surface area contributed by atoms with E-state index in [9.17, 15) is 4.79 Å². The highest BCUT2D eigenvalue weighted by atomic mass is 35.5. The van der Waals surface area contributed by atoms with Gasteiger partial charge in [-0.2, -0.15) is 0 Å². The summed E-state index contributed by atoms with van der Waals surface area (Å²) in [6.07, 6.45) is 3.09. The molecule has 0 atom stereocenters. The summed E-state index contributed by atoms with van der Waals surface area (Å²) in [6, 6.07) is 7.32. The van der Waals surface area contributed by atoms with Gasteiger partial charge in [0.1, 0.15) is 0 Å². The zero-order valence-corrected chi connectivity index (χ0v) is 13.1. The number of halogens is 1. The van der Waals surface area contributed by atoms with Crippen LogP contribution in [0.1, 0.15) is 12.5 Å². The lowest BCUT2D eigenvalue weighted by atomic mass is 10.2. The maximum Gasteiger partial charge on any atom is 0.250 e. The summed E-state index contributed by atoms with van der Waals surface area (Å²) in [6.45, 7) is 2.04. The molecule has 1 aromatic carbocycles. The summed E-state index contributed by atoms with van der Waals surface area (Å²) in [4.78, 5) is 11.8. The summed E-state index contributed by atoms with van der Waals surface area (Å²) in [5.74, 6) is 0.670. The molecule has 4 nitrogen and oxygen atoms in total. The molecular weight excluding hydrogens is 314 g/mol. The van der Waals surface area contributed by atoms with Crippen LogP contribution in [0.5, 0.6) is 0 Å². The molecule has 1 amide bonds. The number of hydrogen-bond acceptors (Lipinski definition) is 5. The van der Waals surface area contributed by atoms with E-state index in [4.69, 9.17) is 11.6 Å².